The summed E-state index contributed by atoms with van der Waals surface area (Å²) in [6.45, 7) is 2.01. The Morgan fingerprint density at radius 2 is 1.81 bits per heavy atom. The molecule has 1 N–H and O–H groups in total. The Balaban J connectivity index is 1.61. The fraction of sp³-hybridized carbons (Fsp3) is 0.364. The van der Waals surface area contributed by atoms with Crippen molar-refractivity contribution in [2.75, 3.05) is 27.9 Å². The van der Waals surface area contributed by atoms with E-state index in [1.807, 2.05) is 6.07 Å². The van der Waals surface area contributed by atoms with Gasteiger partial charge in [0.1, 0.15) is 5.75 Å². The van der Waals surface area contributed by atoms with E-state index in [0.29, 0.717) is 6.04 Å². The van der Waals surface area contributed by atoms with Crippen molar-refractivity contribution in [1.82, 2.24) is 9.88 Å². The van der Waals surface area contributed by atoms with Crippen molar-refractivity contribution in [2.45, 2.75) is 25.4 Å². The molecule has 2 aromatic carbocycles. The second-order valence-corrected chi connectivity index (χ2v) is 7.34. The molecule has 0 saturated carbocycles. The topological polar surface area (TPSA) is 46.7 Å². The van der Waals surface area contributed by atoms with Gasteiger partial charge in [0.15, 0.2) is 11.5 Å². The third-order valence-electron chi connectivity index (χ3n) is 6.07. The number of hydrogen-bond donors (Lipinski definition) is 1. The van der Waals surface area contributed by atoms with Gasteiger partial charge in [-0.25, -0.2) is 0 Å². The smallest absolute Gasteiger partial charge is 0.161 e. The lowest BCUT2D eigenvalue weighted by atomic mass is 9.85. The average molecular weight is 364 g/mol. The van der Waals surface area contributed by atoms with Crippen molar-refractivity contribution < 1.29 is 14.2 Å². The predicted molar refractivity (Wildman–Crippen MR) is 105 cm³/mol. The summed E-state index contributed by atoms with van der Waals surface area (Å²) in [4.78, 5) is 6.20. The number of hydrogen-bond acceptors (Lipinski definition) is 4. The molecule has 0 bridgehead atoms. The Morgan fingerprint density at radius 3 is 2.59 bits per heavy atom. The second kappa shape index (κ2) is 6.20. The van der Waals surface area contributed by atoms with Crippen LogP contribution in [0.3, 0.4) is 0 Å². The normalized spacial score (nSPS) is 18.6. The summed E-state index contributed by atoms with van der Waals surface area (Å²) >= 11 is 0. The molecule has 27 heavy (non-hydrogen) atoms. The Labute approximate surface area is 158 Å². The molecular formula is C22H24N2O3. The Bertz CT molecular complexity index is 1020. The van der Waals surface area contributed by atoms with Crippen molar-refractivity contribution in [3.05, 3.63) is 52.7 Å². The number of H-pyrrole nitrogens is 1. The number of rotatable bonds is 3. The zero-order valence-corrected chi connectivity index (χ0v) is 16.0. The van der Waals surface area contributed by atoms with Crippen molar-refractivity contribution in [3.8, 4) is 17.2 Å². The molecule has 5 rings (SSSR count). The van der Waals surface area contributed by atoms with Crippen molar-refractivity contribution in [2.24, 2.45) is 0 Å². The molecule has 140 valence electrons. The van der Waals surface area contributed by atoms with Gasteiger partial charge in [-0.1, -0.05) is 0 Å². The van der Waals surface area contributed by atoms with E-state index in [2.05, 4.69) is 34.1 Å². The molecule has 2 aliphatic heterocycles. The molecule has 3 aromatic rings. The van der Waals surface area contributed by atoms with E-state index in [1.165, 1.54) is 33.3 Å². The van der Waals surface area contributed by atoms with Crippen LogP contribution < -0.4 is 14.2 Å². The monoisotopic (exact) mass is 364 g/mol. The highest BCUT2D eigenvalue weighted by atomic mass is 16.5. The lowest BCUT2D eigenvalue weighted by molar-refractivity contribution is 0.159. The van der Waals surface area contributed by atoms with Crippen LogP contribution in [0.4, 0.5) is 0 Å². The Hall–Kier alpha value is -2.66. The lowest BCUT2D eigenvalue weighted by Gasteiger charge is -2.40. The number of fused-ring (bicyclic) bond motifs is 6. The van der Waals surface area contributed by atoms with E-state index < -0.39 is 0 Å². The van der Waals surface area contributed by atoms with Crippen molar-refractivity contribution in [3.63, 3.8) is 0 Å². The molecule has 0 unspecified atom stereocenters. The summed E-state index contributed by atoms with van der Waals surface area (Å²) in [6.07, 6.45) is 2.03. The van der Waals surface area contributed by atoms with Crippen LogP contribution in [0.25, 0.3) is 10.9 Å². The first kappa shape index (κ1) is 16.5. The zero-order chi connectivity index (χ0) is 18.5. The molecule has 5 heteroatoms. The molecule has 0 aliphatic carbocycles. The van der Waals surface area contributed by atoms with Crippen LogP contribution in [-0.2, 0) is 19.4 Å². The summed E-state index contributed by atoms with van der Waals surface area (Å²) in [6, 6.07) is 11.0. The van der Waals surface area contributed by atoms with Gasteiger partial charge >= 0.3 is 0 Å². The highest BCUT2D eigenvalue weighted by Crippen LogP contribution is 2.44. The highest BCUT2D eigenvalue weighted by Gasteiger charge is 2.34. The minimum absolute atomic E-state index is 0.367. The van der Waals surface area contributed by atoms with Crippen LogP contribution in [0.5, 0.6) is 17.2 Å². The number of ether oxygens (including phenoxy) is 3. The summed E-state index contributed by atoms with van der Waals surface area (Å²) < 4.78 is 16.5. The zero-order valence-electron chi connectivity index (χ0n) is 16.0. The summed E-state index contributed by atoms with van der Waals surface area (Å²) in [5, 5.41) is 1.27. The SMILES string of the molecule is COc1ccc2[nH]c3c(c2c1)C[C@H]1c2cc(OC)c(OC)cc2CCN1C3. The van der Waals surface area contributed by atoms with Gasteiger partial charge in [-0.15, -0.1) is 0 Å². The maximum absolute atomic E-state index is 5.57. The van der Waals surface area contributed by atoms with Crippen molar-refractivity contribution in [1.29, 1.82) is 0 Å². The van der Waals surface area contributed by atoms with Gasteiger partial charge in [0, 0.05) is 35.7 Å². The molecule has 1 atom stereocenters. The number of aromatic amines is 1. The highest BCUT2D eigenvalue weighted by molar-refractivity contribution is 5.86. The number of nitrogens with one attached hydrogen (secondary N) is 1. The van der Waals surface area contributed by atoms with Gasteiger partial charge in [-0.05, 0) is 59.9 Å². The van der Waals surface area contributed by atoms with Crippen LogP contribution in [0.1, 0.15) is 28.4 Å². The Kier molecular flexibility index (Phi) is 3.79. The fourth-order valence-corrected chi connectivity index (χ4v) is 4.68. The maximum Gasteiger partial charge on any atom is 0.161 e. The van der Waals surface area contributed by atoms with E-state index in [4.69, 9.17) is 14.2 Å². The first-order valence-corrected chi connectivity index (χ1v) is 9.38. The third kappa shape index (κ3) is 2.49. The molecule has 0 saturated heterocycles. The van der Waals surface area contributed by atoms with E-state index >= 15 is 0 Å². The minimum Gasteiger partial charge on any atom is -0.497 e. The molecular weight excluding hydrogens is 340 g/mol. The molecule has 0 amide bonds. The molecule has 2 aliphatic rings. The molecule has 5 nitrogen and oxygen atoms in total. The third-order valence-corrected chi connectivity index (χ3v) is 6.07. The summed E-state index contributed by atoms with van der Waals surface area (Å²) in [5.74, 6) is 2.53. The molecule has 0 radical (unpaired) electrons. The van der Waals surface area contributed by atoms with Gasteiger partial charge in [0.05, 0.1) is 21.3 Å². The first-order valence-electron chi connectivity index (χ1n) is 9.38. The van der Waals surface area contributed by atoms with E-state index in [-0.39, 0.29) is 0 Å². The number of methoxy groups -OCH3 is 3. The van der Waals surface area contributed by atoms with Crippen LogP contribution in [0.15, 0.2) is 30.3 Å². The fourth-order valence-electron chi connectivity index (χ4n) is 4.68. The van der Waals surface area contributed by atoms with Gasteiger partial charge in [0.25, 0.3) is 0 Å². The van der Waals surface area contributed by atoms with E-state index in [1.54, 1.807) is 21.3 Å². The van der Waals surface area contributed by atoms with Gasteiger partial charge in [0.2, 0.25) is 0 Å². The van der Waals surface area contributed by atoms with Crippen molar-refractivity contribution >= 4 is 10.9 Å². The molecule has 0 spiro atoms. The van der Waals surface area contributed by atoms with Crippen LogP contribution >= 0.6 is 0 Å². The quantitative estimate of drug-likeness (QED) is 0.767. The summed E-state index contributed by atoms with van der Waals surface area (Å²) in [7, 11) is 5.13. The Morgan fingerprint density at radius 1 is 1.00 bits per heavy atom. The number of aromatic nitrogens is 1. The predicted octanol–water partition coefficient (Wildman–Crippen LogP) is 3.85. The largest absolute Gasteiger partial charge is 0.497 e. The van der Waals surface area contributed by atoms with E-state index in [0.717, 1.165) is 43.2 Å². The van der Waals surface area contributed by atoms with Crippen LogP contribution in [-0.4, -0.2) is 37.8 Å². The first-order chi connectivity index (χ1) is 13.2. The van der Waals surface area contributed by atoms with Crippen LogP contribution in [0.2, 0.25) is 0 Å². The second-order valence-electron chi connectivity index (χ2n) is 7.34. The average Bonchev–Trinajstić information content (AvgIpc) is 3.07. The van der Waals surface area contributed by atoms with E-state index in [9.17, 15) is 0 Å². The molecule has 3 heterocycles. The molecule has 1 aromatic heterocycles. The van der Waals surface area contributed by atoms with Gasteiger partial charge < -0.3 is 19.2 Å². The minimum atomic E-state index is 0.367. The van der Waals surface area contributed by atoms with Gasteiger partial charge in [-0.3, -0.25) is 4.90 Å². The summed E-state index contributed by atoms with van der Waals surface area (Å²) in [5.41, 5.74) is 6.66. The molecule has 0 fully saturated rings. The van der Waals surface area contributed by atoms with Crippen LogP contribution in [0, 0.1) is 0 Å². The van der Waals surface area contributed by atoms with Gasteiger partial charge in [-0.2, -0.15) is 0 Å². The number of benzene rings is 2. The lowest BCUT2D eigenvalue weighted by Crippen LogP contribution is -2.39. The standard InChI is InChI=1S/C22H24N2O3/c1-25-14-4-5-18-16(9-14)17-10-20-15-11-22(27-3)21(26-2)8-13(15)6-7-24(20)12-19(17)23-18/h4-5,8-9,11,20,23H,6-7,10,12H2,1-3H3/t20-/m0/s1. The maximum atomic E-state index is 5.57. The number of nitrogens with zero attached hydrogens (tertiary/aromatic N) is 1.